The van der Waals surface area contributed by atoms with Crippen LogP contribution in [0.3, 0.4) is 0 Å². The first-order valence-electron chi connectivity index (χ1n) is 7.63. The second-order valence-electron chi connectivity index (χ2n) is 6.14. The smallest absolute Gasteiger partial charge is 0.0670 e. The minimum atomic E-state index is 0.404. The summed E-state index contributed by atoms with van der Waals surface area (Å²) in [5.74, 6) is 0. The number of rotatable bonds is 4. The predicted molar refractivity (Wildman–Crippen MR) is 79.8 cm³/mol. The topological polar surface area (TPSA) is 49.9 Å². The van der Waals surface area contributed by atoms with Crippen molar-refractivity contribution in [2.45, 2.75) is 44.8 Å². The lowest BCUT2D eigenvalue weighted by Gasteiger charge is -2.61. The second-order valence-corrected chi connectivity index (χ2v) is 6.14. The number of H-pyrrole nitrogens is 1. The molecular formula is C16H21N3O. The molecule has 0 bridgehead atoms. The van der Waals surface area contributed by atoms with Gasteiger partial charge in [-0.25, -0.2) is 0 Å². The van der Waals surface area contributed by atoms with Gasteiger partial charge in [-0.1, -0.05) is 6.42 Å². The van der Waals surface area contributed by atoms with E-state index < -0.39 is 0 Å². The third-order valence-corrected chi connectivity index (χ3v) is 5.22. The Balaban J connectivity index is 1.51. The Hall–Kier alpha value is -1.55. The molecule has 1 aromatic carbocycles. The highest BCUT2D eigenvalue weighted by Gasteiger charge is 2.58. The number of nitrogens with one attached hydrogen (secondary N) is 2. The first kappa shape index (κ1) is 12.2. The van der Waals surface area contributed by atoms with E-state index in [1.165, 1.54) is 30.3 Å². The Kier molecular flexibility index (Phi) is 2.74. The van der Waals surface area contributed by atoms with E-state index in [-0.39, 0.29) is 0 Å². The van der Waals surface area contributed by atoms with Gasteiger partial charge >= 0.3 is 0 Å². The zero-order valence-corrected chi connectivity index (χ0v) is 11.9. The van der Waals surface area contributed by atoms with Gasteiger partial charge in [-0.05, 0) is 44.4 Å². The summed E-state index contributed by atoms with van der Waals surface area (Å²) >= 11 is 0. The van der Waals surface area contributed by atoms with Crippen molar-refractivity contribution in [2.24, 2.45) is 5.41 Å². The van der Waals surface area contributed by atoms with Crippen LogP contribution < -0.4 is 5.32 Å². The van der Waals surface area contributed by atoms with Gasteiger partial charge in [-0.3, -0.25) is 5.10 Å². The van der Waals surface area contributed by atoms with Crippen LogP contribution in [0, 0.1) is 5.41 Å². The van der Waals surface area contributed by atoms with Crippen LogP contribution in [0.5, 0.6) is 0 Å². The van der Waals surface area contributed by atoms with Gasteiger partial charge in [0.05, 0.1) is 17.8 Å². The number of anilines is 1. The standard InChI is InChI=1S/C16H21N3O/c1-2-20-15-9-14(16(15)6-3-7-16)18-12-4-5-13-11(8-12)10-17-19-13/h4-5,8,10,14-15,18H,2-3,6-7,9H2,1H3,(H,17,19). The number of benzene rings is 1. The summed E-state index contributed by atoms with van der Waals surface area (Å²) in [7, 11) is 0. The van der Waals surface area contributed by atoms with E-state index in [9.17, 15) is 0 Å². The lowest BCUT2D eigenvalue weighted by molar-refractivity contribution is -0.157. The summed E-state index contributed by atoms with van der Waals surface area (Å²) in [6, 6.07) is 6.98. The molecule has 2 fully saturated rings. The molecule has 0 amide bonds. The van der Waals surface area contributed by atoms with Crippen LogP contribution in [0.2, 0.25) is 0 Å². The highest BCUT2D eigenvalue weighted by atomic mass is 16.5. The molecule has 0 saturated heterocycles. The van der Waals surface area contributed by atoms with E-state index >= 15 is 0 Å². The van der Waals surface area contributed by atoms with Gasteiger partial charge in [0.2, 0.25) is 0 Å². The molecule has 2 saturated carbocycles. The number of hydrogen-bond donors (Lipinski definition) is 2. The van der Waals surface area contributed by atoms with Crippen molar-refractivity contribution in [1.29, 1.82) is 0 Å². The molecular weight excluding hydrogens is 250 g/mol. The van der Waals surface area contributed by atoms with Crippen molar-refractivity contribution in [3.63, 3.8) is 0 Å². The second kappa shape index (κ2) is 4.48. The first-order valence-corrected chi connectivity index (χ1v) is 7.63. The minimum Gasteiger partial charge on any atom is -0.382 e. The summed E-state index contributed by atoms with van der Waals surface area (Å²) in [4.78, 5) is 0. The van der Waals surface area contributed by atoms with Crippen LogP contribution in [0.4, 0.5) is 5.69 Å². The molecule has 2 aliphatic carbocycles. The molecule has 2 aromatic rings. The van der Waals surface area contributed by atoms with Crippen LogP contribution in [0.15, 0.2) is 24.4 Å². The van der Waals surface area contributed by atoms with Crippen molar-refractivity contribution in [2.75, 3.05) is 11.9 Å². The van der Waals surface area contributed by atoms with Crippen LogP contribution in [-0.2, 0) is 4.74 Å². The molecule has 2 N–H and O–H groups in total. The zero-order chi connectivity index (χ0) is 13.6. The molecule has 1 aromatic heterocycles. The monoisotopic (exact) mass is 271 g/mol. The Morgan fingerprint density at radius 3 is 3.10 bits per heavy atom. The quantitative estimate of drug-likeness (QED) is 0.897. The lowest BCUT2D eigenvalue weighted by Crippen LogP contribution is -2.64. The van der Waals surface area contributed by atoms with E-state index in [0.29, 0.717) is 17.6 Å². The van der Waals surface area contributed by atoms with Gasteiger partial charge < -0.3 is 10.1 Å². The Morgan fingerprint density at radius 2 is 2.35 bits per heavy atom. The molecule has 0 radical (unpaired) electrons. The first-order chi connectivity index (χ1) is 9.82. The largest absolute Gasteiger partial charge is 0.382 e. The summed E-state index contributed by atoms with van der Waals surface area (Å²) < 4.78 is 5.91. The molecule has 0 aliphatic heterocycles. The molecule has 2 aliphatic rings. The molecule has 4 rings (SSSR count). The molecule has 4 nitrogen and oxygen atoms in total. The summed E-state index contributed by atoms with van der Waals surface area (Å²) in [6.45, 7) is 2.93. The van der Waals surface area contributed by atoms with Gasteiger partial charge in [0.1, 0.15) is 0 Å². The highest BCUT2D eigenvalue weighted by Crippen LogP contribution is 2.58. The number of fused-ring (bicyclic) bond motifs is 1. The van der Waals surface area contributed by atoms with E-state index in [1.807, 2.05) is 6.20 Å². The van der Waals surface area contributed by atoms with Gasteiger partial charge in [0.25, 0.3) is 0 Å². The van der Waals surface area contributed by atoms with Crippen molar-refractivity contribution >= 4 is 16.6 Å². The van der Waals surface area contributed by atoms with Crippen molar-refractivity contribution < 1.29 is 4.74 Å². The Bertz CT molecular complexity index is 617. The summed E-state index contributed by atoms with van der Waals surface area (Å²) in [6.07, 6.45) is 7.45. The SMILES string of the molecule is CCOC1CC(Nc2ccc3[nH]ncc3c2)C12CCC2. The normalized spacial score (nSPS) is 27.2. The summed E-state index contributed by atoms with van der Waals surface area (Å²) in [5.41, 5.74) is 2.70. The number of hydrogen-bond acceptors (Lipinski definition) is 3. The summed E-state index contributed by atoms with van der Waals surface area (Å²) in [5, 5.41) is 12.0. The molecule has 1 spiro atoms. The number of aromatic amines is 1. The van der Waals surface area contributed by atoms with E-state index in [4.69, 9.17) is 4.74 Å². The van der Waals surface area contributed by atoms with Crippen LogP contribution >= 0.6 is 0 Å². The van der Waals surface area contributed by atoms with Crippen molar-refractivity contribution in [1.82, 2.24) is 10.2 Å². The molecule has 1 heterocycles. The molecule has 106 valence electrons. The third-order valence-electron chi connectivity index (χ3n) is 5.22. The maximum absolute atomic E-state index is 5.91. The molecule has 2 unspecified atom stereocenters. The van der Waals surface area contributed by atoms with Gasteiger partial charge in [-0.15, -0.1) is 0 Å². The fraction of sp³-hybridized carbons (Fsp3) is 0.562. The van der Waals surface area contributed by atoms with Crippen LogP contribution in [-0.4, -0.2) is 29.0 Å². The predicted octanol–water partition coefficient (Wildman–Crippen LogP) is 3.32. The Morgan fingerprint density at radius 1 is 1.45 bits per heavy atom. The van der Waals surface area contributed by atoms with Gasteiger partial charge in [0, 0.05) is 29.1 Å². The van der Waals surface area contributed by atoms with Crippen LogP contribution in [0.25, 0.3) is 10.9 Å². The fourth-order valence-electron chi connectivity index (χ4n) is 3.87. The van der Waals surface area contributed by atoms with E-state index in [2.05, 4.69) is 40.6 Å². The highest BCUT2D eigenvalue weighted by molar-refractivity contribution is 5.81. The Labute approximate surface area is 118 Å². The van der Waals surface area contributed by atoms with Crippen molar-refractivity contribution in [3.05, 3.63) is 24.4 Å². The number of ether oxygens (including phenoxy) is 1. The average Bonchev–Trinajstić information content (AvgIpc) is 2.82. The van der Waals surface area contributed by atoms with Gasteiger partial charge in [0.15, 0.2) is 0 Å². The number of aromatic nitrogens is 2. The molecule has 4 heteroatoms. The van der Waals surface area contributed by atoms with Crippen LogP contribution in [0.1, 0.15) is 32.6 Å². The number of nitrogens with zero attached hydrogens (tertiary/aromatic N) is 1. The fourth-order valence-corrected chi connectivity index (χ4v) is 3.87. The third kappa shape index (κ3) is 1.67. The van der Waals surface area contributed by atoms with Crippen molar-refractivity contribution in [3.8, 4) is 0 Å². The van der Waals surface area contributed by atoms with E-state index in [1.54, 1.807) is 0 Å². The molecule has 2 atom stereocenters. The minimum absolute atomic E-state index is 0.404. The average molecular weight is 271 g/mol. The lowest BCUT2D eigenvalue weighted by atomic mass is 9.51. The maximum atomic E-state index is 5.91. The molecule has 20 heavy (non-hydrogen) atoms. The zero-order valence-electron chi connectivity index (χ0n) is 11.9. The maximum Gasteiger partial charge on any atom is 0.0670 e. The van der Waals surface area contributed by atoms with E-state index in [0.717, 1.165) is 18.5 Å². The van der Waals surface area contributed by atoms with Gasteiger partial charge in [-0.2, -0.15) is 5.10 Å².